The van der Waals surface area contributed by atoms with Gasteiger partial charge in [-0.05, 0) is 5.56 Å². The Kier molecular flexibility index (Phi) is 2.94. The summed E-state index contributed by atoms with van der Waals surface area (Å²) < 4.78 is 5.21. The highest BCUT2D eigenvalue weighted by atomic mass is 16.5. The highest BCUT2D eigenvalue weighted by molar-refractivity contribution is 5.69. The number of aromatic amines is 1. The molecule has 1 N–H and O–H groups in total. The van der Waals surface area contributed by atoms with E-state index >= 15 is 0 Å². The molecular weight excluding hydrogens is 240 g/mol. The zero-order valence-corrected chi connectivity index (χ0v) is 10.4. The van der Waals surface area contributed by atoms with Gasteiger partial charge in [0.15, 0.2) is 0 Å². The van der Waals surface area contributed by atoms with Gasteiger partial charge in [0.25, 0.3) is 0 Å². The molecule has 0 bridgehead atoms. The van der Waals surface area contributed by atoms with E-state index in [2.05, 4.69) is 20.2 Å². The first-order valence-corrected chi connectivity index (χ1v) is 5.83. The van der Waals surface area contributed by atoms with Crippen molar-refractivity contribution in [1.29, 1.82) is 0 Å². The molecule has 1 aromatic carbocycles. The van der Waals surface area contributed by atoms with Gasteiger partial charge >= 0.3 is 0 Å². The van der Waals surface area contributed by atoms with Gasteiger partial charge in [-0.2, -0.15) is 5.10 Å². The van der Waals surface area contributed by atoms with Gasteiger partial charge in [0, 0.05) is 29.7 Å². The second kappa shape index (κ2) is 4.89. The van der Waals surface area contributed by atoms with Gasteiger partial charge in [0.1, 0.15) is 5.69 Å². The van der Waals surface area contributed by atoms with E-state index in [1.54, 1.807) is 25.7 Å². The molecule has 19 heavy (non-hydrogen) atoms. The van der Waals surface area contributed by atoms with Gasteiger partial charge in [-0.1, -0.05) is 24.3 Å². The van der Waals surface area contributed by atoms with Crippen molar-refractivity contribution in [3.63, 3.8) is 0 Å². The SMILES string of the molecule is COc1nccnc1-c1ccc(-c2cn[nH]c2)cc1. The quantitative estimate of drug-likeness (QED) is 0.778. The maximum atomic E-state index is 5.21. The van der Waals surface area contributed by atoms with Gasteiger partial charge in [-0.15, -0.1) is 0 Å². The number of nitrogens with one attached hydrogen (secondary N) is 1. The lowest BCUT2D eigenvalue weighted by Crippen LogP contribution is -1.93. The van der Waals surface area contributed by atoms with Crippen LogP contribution in [0.3, 0.4) is 0 Å². The van der Waals surface area contributed by atoms with Crippen LogP contribution in [0, 0.1) is 0 Å². The largest absolute Gasteiger partial charge is 0.479 e. The van der Waals surface area contributed by atoms with E-state index in [-0.39, 0.29) is 0 Å². The third kappa shape index (κ3) is 2.18. The molecule has 0 aliphatic heterocycles. The molecule has 3 aromatic rings. The number of H-pyrrole nitrogens is 1. The zero-order valence-electron chi connectivity index (χ0n) is 10.4. The van der Waals surface area contributed by atoms with Crippen LogP contribution in [0.5, 0.6) is 5.88 Å². The number of aromatic nitrogens is 4. The second-order valence-electron chi connectivity index (χ2n) is 3.98. The van der Waals surface area contributed by atoms with E-state index in [1.165, 1.54) is 0 Å². The Hall–Kier alpha value is -2.69. The van der Waals surface area contributed by atoms with Gasteiger partial charge in [0.2, 0.25) is 5.88 Å². The molecule has 2 heterocycles. The Morgan fingerprint density at radius 3 is 2.37 bits per heavy atom. The van der Waals surface area contributed by atoms with Crippen LogP contribution in [-0.4, -0.2) is 27.3 Å². The van der Waals surface area contributed by atoms with E-state index in [1.807, 2.05) is 30.5 Å². The highest BCUT2D eigenvalue weighted by Crippen LogP contribution is 2.27. The smallest absolute Gasteiger partial charge is 0.240 e. The van der Waals surface area contributed by atoms with E-state index in [4.69, 9.17) is 4.74 Å². The van der Waals surface area contributed by atoms with Crippen molar-refractivity contribution in [1.82, 2.24) is 20.2 Å². The molecule has 0 aliphatic carbocycles. The van der Waals surface area contributed by atoms with Gasteiger partial charge in [-0.25, -0.2) is 9.97 Å². The van der Waals surface area contributed by atoms with Crippen molar-refractivity contribution in [2.24, 2.45) is 0 Å². The van der Waals surface area contributed by atoms with Crippen LogP contribution in [0.2, 0.25) is 0 Å². The maximum Gasteiger partial charge on any atom is 0.240 e. The first-order chi connectivity index (χ1) is 9.38. The minimum absolute atomic E-state index is 0.526. The number of ether oxygens (including phenoxy) is 1. The Balaban J connectivity index is 1.99. The summed E-state index contributed by atoms with van der Waals surface area (Å²) in [4.78, 5) is 8.45. The average Bonchev–Trinajstić information content (AvgIpc) is 3.02. The van der Waals surface area contributed by atoms with Crippen LogP contribution in [0.1, 0.15) is 0 Å². The molecule has 94 valence electrons. The van der Waals surface area contributed by atoms with Crippen molar-refractivity contribution in [3.05, 3.63) is 49.1 Å². The van der Waals surface area contributed by atoms with Gasteiger partial charge in [0.05, 0.1) is 13.3 Å². The van der Waals surface area contributed by atoms with E-state index in [0.717, 1.165) is 22.4 Å². The Morgan fingerprint density at radius 1 is 0.947 bits per heavy atom. The Labute approximate surface area is 110 Å². The van der Waals surface area contributed by atoms with Gasteiger partial charge in [-0.3, -0.25) is 5.10 Å². The third-order valence-corrected chi connectivity index (χ3v) is 2.85. The summed E-state index contributed by atoms with van der Waals surface area (Å²) in [6, 6.07) is 8.03. The molecule has 5 nitrogen and oxygen atoms in total. The predicted molar refractivity (Wildman–Crippen MR) is 71.6 cm³/mol. The first-order valence-electron chi connectivity index (χ1n) is 5.83. The molecule has 0 spiro atoms. The maximum absolute atomic E-state index is 5.21. The van der Waals surface area contributed by atoms with Gasteiger partial charge < -0.3 is 4.74 Å². The fourth-order valence-corrected chi connectivity index (χ4v) is 1.90. The number of nitrogens with zero attached hydrogens (tertiary/aromatic N) is 3. The molecule has 5 heteroatoms. The van der Waals surface area contributed by atoms with Crippen LogP contribution < -0.4 is 4.74 Å². The summed E-state index contributed by atoms with van der Waals surface area (Å²) in [5, 5.41) is 6.74. The van der Waals surface area contributed by atoms with Crippen molar-refractivity contribution in [2.45, 2.75) is 0 Å². The molecule has 0 radical (unpaired) electrons. The van der Waals surface area contributed by atoms with Crippen molar-refractivity contribution in [3.8, 4) is 28.3 Å². The molecule has 0 unspecified atom stereocenters. The molecule has 0 aliphatic rings. The minimum Gasteiger partial charge on any atom is -0.479 e. The summed E-state index contributed by atoms with van der Waals surface area (Å²) in [5.74, 6) is 0.526. The highest BCUT2D eigenvalue weighted by Gasteiger charge is 2.08. The topological polar surface area (TPSA) is 63.7 Å². The summed E-state index contributed by atoms with van der Waals surface area (Å²) in [5.41, 5.74) is 3.86. The molecule has 2 aromatic heterocycles. The summed E-state index contributed by atoms with van der Waals surface area (Å²) >= 11 is 0. The number of hydrogen-bond donors (Lipinski definition) is 1. The predicted octanol–water partition coefficient (Wildman–Crippen LogP) is 2.54. The normalized spacial score (nSPS) is 10.4. The first kappa shape index (κ1) is 11.4. The molecule has 0 fully saturated rings. The molecule has 0 saturated carbocycles. The van der Waals surface area contributed by atoms with Crippen LogP contribution in [0.15, 0.2) is 49.1 Å². The second-order valence-corrected chi connectivity index (χ2v) is 3.98. The summed E-state index contributed by atoms with van der Waals surface area (Å²) in [7, 11) is 1.59. The van der Waals surface area contributed by atoms with E-state index in [9.17, 15) is 0 Å². The monoisotopic (exact) mass is 252 g/mol. The third-order valence-electron chi connectivity index (χ3n) is 2.85. The lowest BCUT2D eigenvalue weighted by Gasteiger charge is -2.06. The molecule has 3 rings (SSSR count). The van der Waals surface area contributed by atoms with E-state index < -0.39 is 0 Å². The minimum atomic E-state index is 0.526. The van der Waals surface area contributed by atoms with Crippen molar-refractivity contribution >= 4 is 0 Å². The number of methoxy groups -OCH3 is 1. The fraction of sp³-hybridized carbons (Fsp3) is 0.0714. The number of benzene rings is 1. The van der Waals surface area contributed by atoms with Crippen molar-refractivity contribution in [2.75, 3.05) is 7.11 Å². The van der Waals surface area contributed by atoms with Crippen LogP contribution in [0.25, 0.3) is 22.4 Å². The van der Waals surface area contributed by atoms with Crippen LogP contribution in [0.4, 0.5) is 0 Å². The fourth-order valence-electron chi connectivity index (χ4n) is 1.90. The number of rotatable bonds is 3. The molecule has 0 saturated heterocycles. The van der Waals surface area contributed by atoms with Crippen LogP contribution in [-0.2, 0) is 0 Å². The van der Waals surface area contributed by atoms with Crippen molar-refractivity contribution < 1.29 is 4.74 Å². The number of hydrogen-bond acceptors (Lipinski definition) is 4. The standard InChI is InChI=1S/C14H12N4O/c1-19-14-13(15-6-7-16-14)11-4-2-10(3-5-11)12-8-17-18-9-12/h2-9H,1H3,(H,17,18). The molecule has 0 amide bonds. The van der Waals surface area contributed by atoms with E-state index in [0.29, 0.717) is 5.88 Å². The van der Waals surface area contributed by atoms with Crippen LogP contribution >= 0.6 is 0 Å². The molecular formula is C14H12N4O. The Bertz CT molecular complexity index is 662. The average molecular weight is 252 g/mol. The summed E-state index contributed by atoms with van der Waals surface area (Å²) in [6.45, 7) is 0. The lowest BCUT2D eigenvalue weighted by molar-refractivity contribution is 0.398. The Morgan fingerprint density at radius 2 is 1.68 bits per heavy atom. The summed E-state index contributed by atoms with van der Waals surface area (Å²) in [6.07, 6.45) is 6.92. The zero-order chi connectivity index (χ0) is 13.1. The lowest BCUT2D eigenvalue weighted by atomic mass is 10.1. The molecule has 0 atom stereocenters.